The van der Waals surface area contributed by atoms with Gasteiger partial charge in [0.05, 0.1) is 20.8 Å². The number of carbonyl (C=O) groups is 1. The van der Waals surface area contributed by atoms with Crippen LogP contribution in [0.1, 0.15) is 36.7 Å². The minimum atomic E-state index is -0.550. The first-order valence-electron chi connectivity index (χ1n) is 10.4. The molecule has 2 heterocycles. The van der Waals surface area contributed by atoms with Crippen molar-refractivity contribution in [3.05, 3.63) is 65.5 Å². The zero-order valence-electron chi connectivity index (χ0n) is 18.1. The van der Waals surface area contributed by atoms with Gasteiger partial charge in [-0.25, -0.2) is 4.68 Å². The molecule has 0 bridgehead atoms. The Bertz CT molecular complexity index is 1050. The summed E-state index contributed by atoms with van der Waals surface area (Å²) in [6.45, 7) is 3.19. The number of ether oxygens (including phenoxy) is 2. The zero-order valence-corrected chi connectivity index (χ0v) is 18.1. The van der Waals surface area contributed by atoms with Crippen LogP contribution in [-0.4, -0.2) is 51.8 Å². The molecule has 1 amide bonds. The van der Waals surface area contributed by atoms with Gasteiger partial charge in [-0.3, -0.25) is 4.79 Å². The van der Waals surface area contributed by atoms with Gasteiger partial charge in [0.2, 0.25) is 5.91 Å². The van der Waals surface area contributed by atoms with Crippen LogP contribution < -0.4 is 9.47 Å². The highest BCUT2D eigenvalue weighted by molar-refractivity contribution is 5.79. The van der Waals surface area contributed by atoms with Gasteiger partial charge < -0.3 is 14.4 Å². The van der Waals surface area contributed by atoms with E-state index >= 15 is 0 Å². The van der Waals surface area contributed by atoms with Crippen molar-refractivity contribution < 1.29 is 14.3 Å². The van der Waals surface area contributed by atoms with Gasteiger partial charge in [0.1, 0.15) is 5.54 Å². The van der Waals surface area contributed by atoms with E-state index in [1.807, 2.05) is 53.4 Å². The fraction of sp³-hybridized carbons (Fsp3) is 0.391. The molecule has 1 aliphatic rings. The van der Waals surface area contributed by atoms with Gasteiger partial charge in [-0.05, 0) is 53.5 Å². The third kappa shape index (κ3) is 4.10. The number of carbonyl (C=O) groups excluding carboxylic acids is 1. The molecule has 1 atom stereocenters. The van der Waals surface area contributed by atoms with E-state index in [1.165, 1.54) is 0 Å². The number of amides is 1. The maximum absolute atomic E-state index is 12.8. The molecule has 8 nitrogen and oxygen atoms in total. The largest absolute Gasteiger partial charge is 0.493 e. The van der Waals surface area contributed by atoms with E-state index in [0.29, 0.717) is 43.9 Å². The van der Waals surface area contributed by atoms with Crippen molar-refractivity contribution in [3.8, 4) is 11.5 Å². The Morgan fingerprint density at radius 1 is 1.03 bits per heavy atom. The second-order valence-electron chi connectivity index (χ2n) is 7.90. The molecule has 1 saturated heterocycles. The molecule has 0 spiro atoms. The van der Waals surface area contributed by atoms with Gasteiger partial charge in [0, 0.05) is 13.0 Å². The predicted molar refractivity (Wildman–Crippen MR) is 115 cm³/mol. The van der Waals surface area contributed by atoms with Gasteiger partial charge in [-0.2, -0.15) is 0 Å². The molecule has 8 heteroatoms. The molecular formula is C23H27N5O3. The van der Waals surface area contributed by atoms with Crippen LogP contribution in [0.15, 0.2) is 48.5 Å². The SMILES string of the molecule is COc1ccc(CCN2C(=O)CCC2(C)c2nnnn2Cc2ccccc2)cc1OC. The maximum atomic E-state index is 12.8. The standard InChI is InChI=1S/C23H27N5O3/c1-23(22-24-25-26-28(22)16-18-7-5-4-6-8-18)13-11-21(29)27(23)14-12-17-9-10-19(30-2)20(15-17)31-3/h4-10,15H,11-14,16H2,1-3H3. The van der Waals surface area contributed by atoms with Gasteiger partial charge >= 0.3 is 0 Å². The lowest BCUT2D eigenvalue weighted by Crippen LogP contribution is -2.44. The van der Waals surface area contributed by atoms with E-state index in [1.54, 1.807) is 18.9 Å². The first-order valence-corrected chi connectivity index (χ1v) is 10.4. The number of nitrogens with zero attached hydrogens (tertiary/aromatic N) is 5. The average molecular weight is 422 g/mol. The lowest BCUT2D eigenvalue weighted by Gasteiger charge is -2.34. The Morgan fingerprint density at radius 2 is 1.81 bits per heavy atom. The summed E-state index contributed by atoms with van der Waals surface area (Å²) in [5.74, 6) is 2.21. The summed E-state index contributed by atoms with van der Waals surface area (Å²) in [5, 5.41) is 12.5. The molecule has 1 aromatic heterocycles. The van der Waals surface area contributed by atoms with Gasteiger partial charge in [0.15, 0.2) is 17.3 Å². The van der Waals surface area contributed by atoms with Crippen molar-refractivity contribution >= 4 is 5.91 Å². The number of hydrogen-bond donors (Lipinski definition) is 0. The van der Waals surface area contributed by atoms with Crippen LogP contribution in [0.5, 0.6) is 11.5 Å². The summed E-state index contributed by atoms with van der Waals surface area (Å²) in [7, 11) is 3.24. The van der Waals surface area contributed by atoms with E-state index in [9.17, 15) is 4.79 Å². The number of benzene rings is 2. The number of methoxy groups -OCH3 is 2. The predicted octanol–water partition coefficient (Wildman–Crippen LogP) is 2.82. The summed E-state index contributed by atoms with van der Waals surface area (Å²) in [6, 6.07) is 15.9. The molecule has 31 heavy (non-hydrogen) atoms. The first kappa shape index (κ1) is 20.8. The Hall–Kier alpha value is -3.42. The highest BCUT2D eigenvalue weighted by atomic mass is 16.5. The topological polar surface area (TPSA) is 82.4 Å². The first-order chi connectivity index (χ1) is 15.0. The van der Waals surface area contributed by atoms with E-state index in [2.05, 4.69) is 22.4 Å². The lowest BCUT2D eigenvalue weighted by atomic mass is 9.97. The van der Waals surface area contributed by atoms with Crippen LogP contribution in [-0.2, 0) is 23.3 Å². The second kappa shape index (κ2) is 8.75. The monoisotopic (exact) mass is 421 g/mol. The maximum Gasteiger partial charge on any atom is 0.223 e. The Labute approximate surface area is 181 Å². The normalized spacial score (nSPS) is 18.4. The Kier molecular flexibility index (Phi) is 5.88. The van der Waals surface area contributed by atoms with Crippen LogP contribution in [0.25, 0.3) is 0 Å². The number of hydrogen-bond acceptors (Lipinski definition) is 6. The molecule has 0 N–H and O–H groups in total. The Balaban J connectivity index is 1.55. The van der Waals surface area contributed by atoms with Crippen LogP contribution in [0.2, 0.25) is 0 Å². The van der Waals surface area contributed by atoms with Crippen molar-refractivity contribution in [1.29, 1.82) is 0 Å². The van der Waals surface area contributed by atoms with Gasteiger partial charge in [-0.1, -0.05) is 36.4 Å². The summed E-state index contributed by atoms with van der Waals surface area (Å²) in [4.78, 5) is 14.7. The highest BCUT2D eigenvalue weighted by Crippen LogP contribution is 2.38. The van der Waals surface area contributed by atoms with Crippen LogP contribution in [0.4, 0.5) is 0 Å². The molecule has 0 aliphatic carbocycles. The molecule has 4 rings (SSSR count). The van der Waals surface area contributed by atoms with E-state index in [4.69, 9.17) is 9.47 Å². The summed E-state index contributed by atoms with van der Waals surface area (Å²) >= 11 is 0. The molecule has 2 aromatic carbocycles. The van der Waals surface area contributed by atoms with Crippen LogP contribution in [0, 0.1) is 0 Å². The molecule has 1 fully saturated rings. The van der Waals surface area contributed by atoms with E-state index < -0.39 is 5.54 Å². The van der Waals surface area contributed by atoms with E-state index in [0.717, 1.165) is 17.0 Å². The zero-order chi connectivity index (χ0) is 21.8. The quantitative estimate of drug-likeness (QED) is 0.556. The fourth-order valence-corrected chi connectivity index (χ4v) is 4.23. The van der Waals surface area contributed by atoms with Crippen molar-refractivity contribution in [1.82, 2.24) is 25.1 Å². The Morgan fingerprint density at radius 3 is 2.55 bits per heavy atom. The molecule has 0 saturated carbocycles. The molecule has 1 aliphatic heterocycles. The number of tetrazole rings is 1. The molecule has 162 valence electrons. The average Bonchev–Trinajstić information content (AvgIpc) is 3.38. The fourth-order valence-electron chi connectivity index (χ4n) is 4.23. The molecular weight excluding hydrogens is 394 g/mol. The van der Waals surface area contributed by atoms with Crippen LogP contribution >= 0.6 is 0 Å². The second-order valence-corrected chi connectivity index (χ2v) is 7.90. The summed E-state index contributed by atoms with van der Waals surface area (Å²) in [5.41, 5.74) is 1.63. The third-order valence-corrected chi connectivity index (χ3v) is 5.98. The minimum absolute atomic E-state index is 0.122. The van der Waals surface area contributed by atoms with E-state index in [-0.39, 0.29) is 5.91 Å². The minimum Gasteiger partial charge on any atom is -0.493 e. The molecule has 3 aromatic rings. The van der Waals surface area contributed by atoms with Crippen molar-refractivity contribution in [2.75, 3.05) is 20.8 Å². The summed E-state index contributed by atoms with van der Waals surface area (Å²) in [6.07, 6.45) is 1.87. The van der Waals surface area contributed by atoms with Crippen molar-refractivity contribution in [2.45, 2.75) is 38.3 Å². The highest BCUT2D eigenvalue weighted by Gasteiger charge is 2.46. The van der Waals surface area contributed by atoms with Gasteiger partial charge in [0.25, 0.3) is 0 Å². The smallest absolute Gasteiger partial charge is 0.223 e. The third-order valence-electron chi connectivity index (χ3n) is 5.98. The lowest BCUT2D eigenvalue weighted by molar-refractivity contribution is -0.131. The number of likely N-dealkylation sites (tertiary alicyclic amines) is 1. The summed E-state index contributed by atoms with van der Waals surface area (Å²) < 4.78 is 12.5. The number of rotatable bonds is 8. The molecule has 0 radical (unpaired) electrons. The van der Waals surface area contributed by atoms with Crippen molar-refractivity contribution in [3.63, 3.8) is 0 Å². The number of aromatic nitrogens is 4. The van der Waals surface area contributed by atoms with Gasteiger partial charge in [-0.15, -0.1) is 5.10 Å². The van der Waals surface area contributed by atoms with Crippen LogP contribution in [0.3, 0.4) is 0 Å². The molecule has 1 unspecified atom stereocenters. The van der Waals surface area contributed by atoms with Crippen molar-refractivity contribution in [2.24, 2.45) is 0 Å².